The number of anilines is 1. The van der Waals surface area contributed by atoms with Crippen molar-refractivity contribution in [3.8, 4) is 5.75 Å². The maximum Gasteiger partial charge on any atom is 0.262 e. The molecule has 2 rings (SSSR count). The van der Waals surface area contributed by atoms with Gasteiger partial charge in [0.25, 0.3) is 11.8 Å². The number of carbonyl (C=O) groups excluding carboxylic acids is 2. The minimum absolute atomic E-state index is 0.143. The van der Waals surface area contributed by atoms with E-state index >= 15 is 0 Å². The SMILES string of the molecule is CN(C)C(=O)c1cccc(NC(=O)COc2ccc(Cl)cc2Cl)c1. The topological polar surface area (TPSA) is 58.6 Å². The van der Waals surface area contributed by atoms with Crippen LogP contribution in [0.25, 0.3) is 0 Å². The predicted octanol–water partition coefficient (Wildman–Crippen LogP) is 3.71. The zero-order chi connectivity index (χ0) is 17.7. The van der Waals surface area contributed by atoms with Crippen molar-refractivity contribution in [1.82, 2.24) is 4.90 Å². The Kier molecular flexibility index (Phi) is 6.06. The molecule has 0 aliphatic rings. The largest absolute Gasteiger partial charge is 0.482 e. The van der Waals surface area contributed by atoms with Gasteiger partial charge in [0.15, 0.2) is 6.61 Å². The second-order valence-corrected chi connectivity index (χ2v) is 6.04. The number of ether oxygens (including phenoxy) is 1. The Morgan fingerprint density at radius 1 is 1.12 bits per heavy atom. The molecule has 0 aliphatic heterocycles. The maximum absolute atomic E-state index is 12.0. The van der Waals surface area contributed by atoms with E-state index in [1.807, 2.05) is 0 Å². The van der Waals surface area contributed by atoms with Gasteiger partial charge in [-0.3, -0.25) is 9.59 Å². The first-order valence-electron chi connectivity index (χ1n) is 7.06. The third-order valence-corrected chi connectivity index (χ3v) is 3.58. The average Bonchev–Trinajstić information content (AvgIpc) is 2.53. The zero-order valence-electron chi connectivity index (χ0n) is 13.2. The minimum atomic E-state index is -0.365. The molecule has 0 heterocycles. The summed E-state index contributed by atoms with van der Waals surface area (Å²) in [7, 11) is 3.33. The van der Waals surface area contributed by atoms with Crippen LogP contribution in [-0.2, 0) is 4.79 Å². The zero-order valence-corrected chi connectivity index (χ0v) is 14.7. The molecule has 0 radical (unpaired) electrons. The van der Waals surface area contributed by atoms with Crippen LogP contribution in [0.15, 0.2) is 42.5 Å². The highest BCUT2D eigenvalue weighted by Crippen LogP contribution is 2.27. The lowest BCUT2D eigenvalue weighted by Crippen LogP contribution is -2.23. The molecule has 0 saturated carbocycles. The lowest BCUT2D eigenvalue weighted by molar-refractivity contribution is -0.118. The van der Waals surface area contributed by atoms with E-state index in [1.54, 1.807) is 50.5 Å². The Bertz CT molecular complexity index is 763. The van der Waals surface area contributed by atoms with E-state index < -0.39 is 0 Å². The van der Waals surface area contributed by atoms with Crippen LogP contribution in [0.1, 0.15) is 10.4 Å². The quantitative estimate of drug-likeness (QED) is 0.877. The first-order chi connectivity index (χ1) is 11.4. The molecule has 0 spiro atoms. The van der Waals surface area contributed by atoms with Crippen LogP contribution in [0.2, 0.25) is 10.0 Å². The van der Waals surface area contributed by atoms with E-state index in [-0.39, 0.29) is 18.4 Å². The van der Waals surface area contributed by atoms with Crippen LogP contribution < -0.4 is 10.1 Å². The van der Waals surface area contributed by atoms with Crippen molar-refractivity contribution in [2.24, 2.45) is 0 Å². The van der Waals surface area contributed by atoms with Crippen LogP contribution in [-0.4, -0.2) is 37.4 Å². The number of halogens is 2. The average molecular weight is 367 g/mol. The molecule has 2 aromatic rings. The fraction of sp³-hybridized carbons (Fsp3) is 0.176. The van der Waals surface area contributed by atoms with Gasteiger partial charge in [-0.05, 0) is 36.4 Å². The third kappa shape index (κ3) is 4.88. The van der Waals surface area contributed by atoms with Gasteiger partial charge < -0.3 is 15.0 Å². The van der Waals surface area contributed by atoms with E-state index in [0.29, 0.717) is 27.0 Å². The van der Waals surface area contributed by atoms with E-state index in [2.05, 4.69) is 5.32 Å². The van der Waals surface area contributed by atoms with Crippen molar-refractivity contribution in [3.05, 3.63) is 58.1 Å². The molecule has 0 bridgehead atoms. The van der Waals surface area contributed by atoms with Gasteiger partial charge in [0.2, 0.25) is 0 Å². The summed E-state index contributed by atoms with van der Waals surface area (Å²) < 4.78 is 5.36. The summed E-state index contributed by atoms with van der Waals surface area (Å²) >= 11 is 11.8. The van der Waals surface area contributed by atoms with E-state index in [4.69, 9.17) is 27.9 Å². The van der Waals surface area contributed by atoms with E-state index in [0.717, 1.165) is 0 Å². The van der Waals surface area contributed by atoms with Crippen molar-refractivity contribution >= 4 is 40.7 Å². The van der Waals surface area contributed by atoms with Gasteiger partial charge in [0, 0.05) is 30.4 Å². The Balaban J connectivity index is 1.97. The molecule has 5 nitrogen and oxygen atoms in total. The lowest BCUT2D eigenvalue weighted by Gasteiger charge is -2.12. The van der Waals surface area contributed by atoms with Gasteiger partial charge in [-0.1, -0.05) is 29.3 Å². The molecular formula is C17H16Cl2N2O3. The minimum Gasteiger partial charge on any atom is -0.482 e. The second kappa shape index (κ2) is 8.04. The number of rotatable bonds is 5. The van der Waals surface area contributed by atoms with Crippen molar-refractivity contribution < 1.29 is 14.3 Å². The van der Waals surface area contributed by atoms with Gasteiger partial charge in [-0.25, -0.2) is 0 Å². The van der Waals surface area contributed by atoms with Crippen LogP contribution in [0, 0.1) is 0 Å². The highest BCUT2D eigenvalue weighted by molar-refractivity contribution is 6.35. The molecular weight excluding hydrogens is 351 g/mol. The van der Waals surface area contributed by atoms with Crippen molar-refractivity contribution in [3.63, 3.8) is 0 Å². The van der Waals surface area contributed by atoms with Gasteiger partial charge in [-0.2, -0.15) is 0 Å². The second-order valence-electron chi connectivity index (χ2n) is 5.19. The van der Waals surface area contributed by atoms with Crippen molar-refractivity contribution in [2.45, 2.75) is 0 Å². The lowest BCUT2D eigenvalue weighted by atomic mass is 10.2. The molecule has 7 heteroatoms. The first-order valence-corrected chi connectivity index (χ1v) is 7.82. The van der Waals surface area contributed by atoms with Crippen LogP contribution in [0.4, 0.5) is 5.69 Å². The standard InChI is InChI=1S/C17H16Cl2N2O3/c1-21(2)17(23)11-4-3-5-13(8-11)20-16(22)10-24-15-7-6-12(18)9-14(15)19/h3-9H,10H2,1-2H3,(H,20,22). The molecule has 0 atom stereocenters. The number of hydrogen-bond acceptors (Lipinski definition) is 3. The number of hydrogen-bond donors (Lipinski definition) is 1. The predicted molar refractivity (Wildman–Crippen MR) is 95.0 cm³/mol. The summed E-state index contributed by atoms with van der Waals surface area (Å²) in [6, 6.07) is 11.4. The molecule has 0 unspecified atom stereocenters. The third-order valence-electron chi connectivity index (χ3n) is 3.05. The molecule has 126 valence electrons. The number of benzene rings is 2. The fourth-order valence-corrected chi connectivity index (χ4v) is 2.38. The molecule has 1 N–H and O–H groups in total. The number of carbonyl (C=O) groups is 2. The Labute approximate surface area is 150 Å². The molecule has 24 heavy (non-hydrogen) atoms. The number of amides is 2. The van der Waals surface area contributed by atoms with E-state index in [1.165, 1.54) is 11.0 Å². The van der Waals surface area contributed by atoms with Crippen molar-refractivity contribution in [2.75, 3.05) is 26.0 Å². The molecule has 0 aliphatic carbocycles. The summed E-state index contributed by atoms with van der Waals surface area (Å²) in [6.07, 6.45) is 0. The summed E-state index contributed by atoms with van der Waals surface area (Å²) in [5.41, 5.74) is 0.998. The van der Waals surface area contributed by atoms with E-state index in [9.17, 15) is 9.59 Å². The smallest absolute Gasteiger partial charge is 0.262 e. The maximum atomic E-state index is 12.0. The summed E-state index contributed by atoms with van der Waals surface area (Å²) in [4.78, 5) is 25.4. The first kappa shape index (κ1) is 18.1. The molecule has 0 fully saturated rings. The molecule has 0 aromatic heterocycles. The van der Waals surface area contributed by atoms with Gasteiger partial charge in [-0.15, -0.1) is 0 Å². The highest BCUT2D eigenvalue weighted by Gasteiger charge is 2.10. The molecule has 0 saturated heterocycles. The van der Waals surface area contributed by atoms with Crippen molar-refractivity contribution in [1.29, 1.82) is 0 Å². The normalized spacial score (nSPS) is 10.2. The Morgan fingerprint density at radius 3 is 2.54 bits per heavy atom. The summed E-state index contributed by atoms with van der Waals surface area (Å²) in [5, 5.41) is 3.49. The molecule has 2 aromatic carbocycles. The van der Waals surface area contributed by atoms with Crippen LogP contribution in [0.5, 0.6) is 5.75 Å². The number of nitrogens with one attached hydrogen (secondary N) is 1. The monoisotopic (exact) mass is 366 g/mol. The number of nitrogens with zero attached hydrogens (tertiary/aromatic N) is 1. The Morgan fingerprint density at radius 2 is 1.88 bits per heavy atom. The van der Waals surface area contributed by atoms with Crippen LogP contribution in [0.3, 0.4) is 0 Å². The Hall–Kier alpha value is -2.24. The van der Waals surface area contributed by atoms with Crippen LogP contribution >= 0.6 is 23.2 Å². The summed E-state index contributed by atoms with van der Waals surface area (Å²) in [6.45, 7) is -0.215. The van der Waals surface area contributed by atoms with Gasteiger partial charge in [0.05, 0.1) is 5.02 Å². The molecule has 2 amide bonds. The highest BCUT2D eigenvalue weighted by atomic mass is 35.5. The summed E-state index contributed by atoms with van der Waals surface area (Å²) in [5.74, 6) is -0.140. The fourth-order valence-electron chi connectivity index (χ4n) is 1.92. The van der Waals surface area contributed by atoms with Gasteiger partial charge in [0.1, 0.15) is 5.75 Å². The van der Waals surface area contributed by atoms with Gasteiger partial charge >= 0.3 is 0 Å².